The van der Waals surface area contributed by atoms with Gasteiger partial charge in [0.2, 0.25) is 0 Å². The third kappa shape index (κ3) is 4.36. The van der Waals surface area contributed by atoms with Crippen molar-refractivity contribution in [2.24, 2.45) is 10.7 Å². The first kappa shape index (κ1) is 18.3. The lowest BCUT2D eigenvalue weighted by atomic mass is 9.98. The Morgan fingerprint density at radius 1 is 1.19 bits per heavy atom. The van der Waals surface area contributed by atoms with Gasteiger partial charge in [0.05, 0.1) is 17.1 Å². The van der Waals surface area contributed by atoms with Crippen LogP contribution in [0.2, 0.25) is 0 Å². The third-order valence-corrected chi connectivity index (χ3v) is 4.44. The molecule has 0 aromatic heterocycles. The summed E-state index contributed by atoms with van der Waals surface area (Å²) in [5.41, 5.74) is 10.4. The summed E-state index contributed by atoms with van der Waals surface area (Å²) in [7, 11) is 0. The van der Waals surface area contributed by atoms with E-state index in [1.54, 1.807) is 13.0 Å². The van der Waals surface area contributed by atoms with E-state index in [4.69, 9.17) is 5.73 Å². The van der Waals surface area contributed by atoms with E-state index in [2.05, 4.69) is 40.0 Å². The second kappa shape index (κ2) is 8.24. The molecular weight excluding hydrogens is 334 g/mol. The van der Waals surface area contributed by atoms with Crippen LogP contribution in [0.1, 0.15) is 18.9 Å². The van der Waals surface area contributed by atoms with Crippen molar-refractivity contribution < 1.29 is 0 Å². The van der Waals surface area contributed by atoms with E-state index in [-0.39, 0.29) is 0 Å². The minimum absolute atomic E-state index is 0.456. The molecule has 3 rings (SSSR count). The average Bonchev–Trinajstić information content (AvgIpc) is 2.68. The van der Waals surface area contributed by atoms with E-state index in [1.165, 1.54) is 5.69 Å². The number of anilines is 2. The molecule has 0 aliphatic carbocycles. The van der Waals surface area contributed by atoms with Crippen LogP contribution in [0.15, 0.2) is 83.1 Å². The Morgan fingerprint density at radius 2 is 1.89 bits per heavy atom. The van der Waals surface area contributed by atoms with Gasteiger partial charge < -0.3 is 16.0 Å². The number of rotatable bonds is 4. The van der Waals surface area contributed by atoms with Gasteiger partial charge in [-0.25, -0.2) is 4.99 Å². The quantitative estimate of drug-likeness (QED) is 0.640. The third-order valence-electron chi connectivity index (χ3n) is 4.44. The Kier molecular flexibility index (Phi) is 5.58. The number of nitrogens with zero attached hydrogens (tertiary/aromatic N) is 3. The maximum absolute atomic E-state index is 9.35. The molecule has 3 N–H and O–H groups in total. The number of piperidine rings is 1. The molecule has 1 aliphatic rings. The molecule has 27 heavy (non-hydrogen) atoms. The first-order valence-electron chi connectivity index (χ1n) is 8.86. The van der Waals surface area contributed by atoms with Crippen LogP contribution < -0.4 is 16.0 Å². The Labute approximate surface area is 160 Å². The molecule has 1 heterocycles. The number of hydrogen-bond donors (Lipinski definition) is 2. The number of nitriles is 1. The summed E-state index contributed by atoms with van der Waals surface area (Å²) < 4.78 is 0. The van der Waals surface area contributed by atoms with Crippen molar-refractivity contribution in [3.8, 4) is 6.07 Å². The summed E-state index contributed by atoms with van der Waals surface area (Å²) in [6, 6.07) is 19.9. The topological polar surface area (TPSA) is 77.4 Å². The fourth-order valence-electron chi connectivity index (χ4n) is 3.14. The van der Waals surface area contributed by atoms with Crippen LogP contribution in [-0.4, -0.2) is 18.9 Å². The van der Waals surface area contributed by atoms with E-state index >= 15 is 0 Å². The molecule has 1 aliphatic heterocycles. The lowest BCUT2D eigenvalue weighted by molar-refractivity contribution is 0.760. The van der Waals surface area contributed by atoms with Gasteiger partial charge in [-0.1, -0.05) is 36.9 Å². The van der Waals surface area contributed by atoms with E-state index in [1.807, 2.05) is 36.4 Å². The molecule has 0 spiro atoms. The largest absolute Gasteiger partial charge is 0.387 e. The molecule has 136 valence electrons. The summed E-state index contributed by atoms with van der Waals surface area (Å²) in [5, 5.41) is 12.6. The summed E-state index contributed by atoms with van der Waals surface area (Å²) >= 11 is 0. The van der Waals surface area contributed by atoms with E-state index in [9.17, 15) is 5.26 Å². The molecule has 2 aromatic carbocycles. The Bertz CT molecular complexity index is 931. The lowest BCUT2D eigenvalue weighted by Crippen LogP contribution is -2.32. The molecule has 5 heteroatoms. The van der Waals surface area contributed by atoms with E-state index in [0.29, 0.717) is 22.9 Å². The van der Waals surface area contributed by atoms with Crippen LogP contribution in [0.3, 0.4) is 0 Å². The second-order valence-corrected chi connectivity index (χ2v) is 6.47. The van der Waals surface area contributed by atoms with Crippen LogP contribution in [0.25, 0.3) is 0 Å². The summed E-state index contributed by atoms with van der Waals surface area (Å²) in [4.78, 5) is 6.79. The van der Waals surface area contributed by atoms with Crippen LogP contribution in [0.4, 0.5) is 11.4 Å². The standard InChI is InChI=1S/C22H23N5/c1-16-15-27(19-9-4-3-5-10-19)13-12-20(16)22(25-17(2)24)26-21-11-7-6-8-18(21)14-23/h3-11,26H,1,12-13,15H2,2H3,(H2,24,25)/b22-20+. The van der Waals surface area contributed by atoms with Crippen LogP contribution >= 0.6 is 0 Å². The molecule has 0 unspecified atom stereocenters. The zero-order valence-corrected chi connectivity index (χ0v) is 15.4. The van der Waals surface area contributed by atoms with Crippen molar-refractivity contribution in [1.82, 2.24) is 0 Å². The Hall–Kier alpha value is -3.52. The molecule has 1 saturated heterocycles. The molecule has 5 nitrogen and oxygen atoms in total. The van der Waals surface area contributed by atoms with Crippen molar-refractivity contribution in [2.75, 3.05) is 23.3 Å². The van der Waals surface area contributed by atoms with Gasteiger partial charge in [-0.05, 0) is 43.2 Å². The number of benzene rings is 2. The molecular formula is C22H23N5. The highest BCUT2D eigenvalue weighted by molar-refractivity contribution is 5.79. The van der Waals surface area contributed by atoms with Gasteiger partial charge in [0.15, 0.2) is 0 Å². The smallest absolute Gasteiger partial charge is 0.136 e. The van der Waals surface area contributed by atoms with Gasteiger partial charge in [-0.3, -0.25) is 0 Å². The highest BCUT2D eigenvalue weighted by Gasteiger charge is 2.21. The summed E-state index contributed by atoms with van der Waals surface area (Å²) in [6.07, 6.45) is 0.793. The zero-order chi connectivity index (χ0) is 19.2. The molecule has 1 fully saturated rings. The maximum atomic E-state index is 9.35. The fraction of sp³-hybridized carbons (Fsp3) is 0.182. The Morgan fingerprint density at radius 3 is 2.56 bits per heavy atom. The van der Waals surface area contributed by atoms with Gasteiger partial charge >= 0.3 is 0 Å². The monoisotopic (exact) mass is 357 g/mol. The first-order chi connectivity index (χ1) is 13.1. The highest BCUT2D eigenvalue weighted by Crippen LogP contribution is 2.29. The van der Waals surface area contributed by atoms with E-state index in [0.717, 1.165) is 30.7 Å². The normalized spacial score (nSPS) is 16.7. The predicted molar refractivity (Wildman–Crippen MR) is 112 cm³/mol. The number of nitrogens with one attached hydrogen (secondary N) is 1. The minimum Gasteiger partial charge on any atom is -0.387 e. The molecule has 0 saturated carbocycles. The van der Waals surface area contributed by atoms with Crippen molar-refractivity contribution in [2.45, 2.75) is 13.3 Å². The van der Waals surface area contributed by atoms with Crippen molar-refractivity contribution in [1.29, 1.82) is 5.26 Å². The summed E-state index contributed by atoms with van der Waals surface area (Å²) in [6.45, 7) is 7.61. The lowest BCUT2D eigenvalue weighted by Gasteiger charge is -2.32. The fourth-order valence-corrected chi connectivity index (χ4v) is 3.14. The zero-order valence-electron chi connectivity index (χ0n) is 15.4. The SMILES string of the molecule is C=C1CN(c2ccccc2)CC/C1=C(/N=C(\C)N)Nc1ccccc1C#N. The second-order valence-electron chi connectivity index (χ2n) is 6.47. The van der Waals surface area contributed by atoms with Crippen LogP contribution in [0.5, 0.6) is 0 Å². The maximum Gasteiger partial charge on any atom is 0.136 e. The number of amidine groups is 1. The molecule has 2 aromatic rings. The highest BCUT2D eigenvalue weighted by atomic mass is 15.1. The number of hydrogen-bond acceptors (Lipinski definition) is 4. The Balaban J connectivity index is 1.90. The van der Waals surface area contributed by atoms with Gasteiger partial charge in [0, 0.05) is 24.4 Å². The van der Waals surface area contributed by atoms with Gasteiger partial charge in [0.25, 0.3) is 0 Å². The predicted octanol–water partition coefficient (Wildman–Crippen LogP) is 4.03. The van der Waals surface area contributed by atoms with Gasteiger partial charge in [-0.2, -0.15) is 5.26 Å². The van der Waals surface area contributed by atoms with Gasteiger partial charge in [-0.15, -0.1) is 0 Å². The molecule has 0 atom stereocenters. The first-order valence-corrected chi connectivity index (χ1v) is 8.86. The number of aliphatic imine (C=N–C) groups is 1. The molecule has 0 bridgehead atoms. The van der Waals surface area contributed by atoms with Crippen LogP contribution in [-0.2, 0) is 0 Å². The average molecular weight is 357 g/mol. The van der Waals surface area contributed by atoms with Crippen molar-refractivity contribution >= 4 is 17.2 Å². The number of para-hydroxylation sites is 2. The summed E-state index contributed by atoms with van der Waals surface area (Å²) in [5.74, 6) is 1.12. The van der Waals surface area contributed by atoms with Crippen molar-refractivity contribution in [3.05, 3.63) is 83.7 Å². The van der Waals surface area contributed by atoms with Crippen molar-refractivity contribution in [3.63, 3.8) is 0 Å². The van der Waals surface area contributed by atoms with E-state index < -0.39 is 0 Å². The molecule has 0 amide bonds. The number of nitrogens with two attached hydrogens (primary N) is 1. The van der Waals surface area contributed by atoms with Crippen LogP contribution in [0, 0.1) is 11.3 Å². The molecule has 0 radical (unpaired) electrons. The van der Waals surface area contributed by atoms with Gasteiger partial charge in [0.1, 0.15) is 11.9 Å². The minimum atomic E-state index is 0.456.